The average molecular weight is 265 g/mol. The van der Waals surface area contributed by atoms with Gasteiger partial charge in [0, 0.05) is 0 Å². The largest absolute Gasteiger partial charge is 0.493 e. The van der Waals surface area contributed by atoms with Gasteiger partial charge in [0.2, 0.25) is 0 Å². The standard InChI is InChI=1S/C13H15NO5/c1-4-19-13(16)11(15)8-5-9(7-14)12(18-3)10(6-8)17-2/h5-6,11,15H,4H2,1-3H3. The number of carbonyl (C=O) groups excluding carboxylic acids is 1. The number of nitriles is 1. The first-order chi connectivity index (χ1) is 9.08. The third-order valence-electron chi connectivity index (χ3n) is 2.45. The second-order valence-electron chi connectivity index (χ2n) is 3.57. The maximum absolute atomic E-state index is 11.5. The number of benzene rings is 1. The van der Waals surface area contributed by atoms with Crippen LogP contribution < -0.4 is 9.47 Å². The first kappa shape index (κ1) is 14.8. The molecule has 0 amide bonds. The van der Waals surface area contributed by atoms with Crippen molar-refractivity contribution < 1.29 is 24.1 Å². The van der Waals surface area contributed by atoms with E-state index in [-0.39, 0.29) is 29.2 Å². The van der Waals surface area contributed by atoms with Crippen LogP contribution in [0.1, 0.15) is 24.2 Å². The third-order valence-corrected chi connectivity index (χ3v) is 2.45. The molecule has 0 heterocycles. The number of methoxy groups -OCH3 is 2. The first-order valence-corrected chi connectivity index (χ1v) is 5.59. The van der Waals surface area contributed by atoms with Crippen molar-refractivity contribution in [2.75, 3.05) is 20.8 Å². The van der Waals surface area contributed by atoms with Gasteiger partial charge in [-0.05, 0) is 24.6 Å². The van der Waals surface area contributed by atoms with E-state index in [1.54, 1.807) is 6.92 Å². The monoisotopic (exact) mass is 265 g/mol. The number of rotatable bonds is 5. The second-order valence-corrected chi connectivity index (χ2v) is 3.57. The van der Waals surface area contributed by atoms with E-state index in [4.69, 9.17) is 19.5 Å². The molecule has 0 aliphatic rings. The molecule has 0 bridgehead atoms. The number of nitrogens with zero attached hydrogens (tertiary/aromatic N) is 1. The lowest BCUT2D eigenvalue weighted by molar-refractivity contribution is -0.153. The van der Waals surface area contributed by atoms with Crippen molar-refractivity contribution in [1.82, 2.24) is 0 Å². The van der Waals surface area contributed by atoms with E-state index in [0.29, 0.717) is 0 Å². The summed E-state index contributed by atoms with van der Waals surface area (Å²) in [6.45, 7) is 1.80. The van der Waals surface area contributed by atoms with Crippen LogP contribution in [0.3, 0.4) is 0 Å². The van der Waals surface area contributed by atoms with E-state index < -0.39 is 12.1 Å². The summed E-state index contributed by atoms with van der Waals surface area (Å²) in [6.07, 6.45) is -1.47. The van der Waals surface area contributed by atoms with Gasteiger partial charge >= 0.3 is 5.97 Å². The first-order valence-electron chi connectivity index (χ1n) is 5.59. The van der Waals surface area contributed by atoms with Crippen molar-refractivity contribution >= 4 is 5.97 Å². The van der Waals surface area contributed by atoms with Gasteiger partial charge < -0.3 is 19.3 Å². The Morgan fingerprint density at radius 1 is 1.42 bits per heavy atom. The molecule has 0 radical (unpaired) electrons. The van der Waals surface area contributed by atoms with Crippen molar-refractivity contribution in [3.8, 4) is 17.6 Å². The molecule has 1 aromatic rings. The second kappa shape index (κ2) is 6.61. The number of ether oxygens (including phenoxy) is 3. The summed E-state index contributed by atoms with van der Waals surface area (Å²) in [5.74, 6) is -0.261. The van der Waals surface area contributed by atoms with Crippen LogP contribution in [0.5, 0.6) is 11.5 Å². The topological polar surface area (TPSA) is 88.8 Å². The van der Waals surface area contributed by atoms with Crippen LogP contribution in [0.2, 0.25) is 0 Å². The molecular formula is C13H15NO5. The van der Waals surface area contributed by atoms with Crippen molar-refractivity contribution in [2.24, 2.45) is 0 Å². The minimum atomic E-state index is -1.47. The minimum Gasteiger partial charge on any atom is -0.493 e. The number of hydrogen-bond donors (Lipinski definition) is 1. The molecule has 102 valence electrons. The van der Waals surface area contributed by atoms with Crippen molar-refractivity contribution in [2.45, 2.75) is 13.0 Å². The predicted molar refractivity (Wildman–Crippen MR) is 65.9 cm³/mol. The Morgan fingerprint density at radius 2 is 2.11 bits per heavy atom. The van der Waals surface area contributed by atoms with Gasteiger partial charge in [-0.2, -0.15) is 5.26 Å². The van der Waals surface area contributed by atoms with Crippen LogP contribution in [-0.2, 0) is 9.53 Å². The normalized spacial score (nSPS) is 11.3. The van der Waals surface area contributed by atoms with Gasteiger partial charge in [-0.15, -0.1) is 0 Å². The fraction of sp³-hybridized carbons (Fsp3) is 0.385. The molecule has 1 unspecified atom stereocenters. The van der Waals surface area contributed by atoms with Gasteiger partial charge in [-0.1, -0.05) is 0 Å². The molecule has 19 heavy (non-hydrogen) atoms. The summed E-state index contributed by atoms with van der Waals surface area (Å²) in [7, 11) is 2.81. The number of carbonyl (C=O) groups is 1. The summed E-state index contributed by atoms with van der Waals surface area (Å²) >= 11 is 0. The van der Waals surface area contributed by atoms with Crippen LogP contribution in [0, 0.1) is 11.3 Å². The van der Waals surface area contributed by atoms with E-state index in [2.05, 4.69) is 0 Å². The highest BCUT2D eigenvalue weighted by molar-refractivity contribution is 5.77. The predicted octanol–water partition coefficient (Wildman–Crippen LogP) is 1.17. The van der Waals surface area contributed by atoms with Gasteiger partial charge in [0.15, 0.2) is 17.6 Å². The van der Waals surface area contributed by atoms with E-state index in [9.17, 15) is 9.90 Å². The number of hydrogen-bond acceptors (Lipinski definition) is 6. The molecule has 1 rings (SSSR count). The maximum Gasteiger partial charge on any atom is 0.339 e. The molecule has 0 saturated heterocycles. The molecule has 0 fully saturated rings. The lowest BCUT2D eigenvalue weighted by Crippen LogP contribution is -2.15. The zero-order valence-electron chi connectivity index (χ0n) is 11.0. The van der Waals surface area contributed by atoms with Crippen LogP contribution in [0.4, 0.5) is 0 Å². The molecule has 1 atom stereocenters. The Kier molecular flexibility index (Phi) is 5.15. The number of esters is 1. The van der Waals surface area contributed by atoms with Gasteiger partial charge in [-0.25, -0.2) is 4.79 Å². The maximum atomic E-state index is 11.5. The highest BCUT2D eigenvalue weighted by Crippen LogP contribution is 2.34. The van der Waals surface area contributed by atoms with E-state index in [0.717, 1.165) is 0 Å². The fourth-order valence-electron chi connectivity index (χ4n) is 1.58. The Labute approximate surface area is 111 Å². The number of aliphatic hydroxyl groups is 1. The Bertz CT molecular complexity index is 506. The number of aliphatic hydroxyl groups excluding tert-OH is 1. The molecule has 0 aromatic heterocycles. The third kappa shape index (κ3) is 3.14. The van der Waals surface area contributed by atoms with Gasteiger partial charge in [0.05, 0.1) is 26.4 Å². The molecule has 6 nitrogen and oxygen atoms in total. The fourth-order valence-corrected chi connectivity index (χ4v) is 1.58. The van der Waals surface area contributed by atoms with Crippen molar-refractivity contribution in [3.63, 3.8) is 0 Å². The Balaban J connectivity index is 3.23. The zero-order chi connectivity index (χ0) is 14.4. The molecule has 1 aromatic carbocycles. The molecule has 0 aliphatic carbocycles. The highest BCUT2D eigenvalue weighted by atomic mass is 16.5. The average Bonchev–Trinajstić information content (AvgIpc) is 2.44. The Morgan fingerprint density at radius 3 is 2.58 bits per heavy atom. The molecule has 6 heteroatoms. The van der Waals surface area contributed by atoms with Crippen molar-refractivity contribution in [1.29, 1.82) is 5.26 Å². The molecule has 0 spiro atoms. The van der Waals surface area contributed by atoms with Crippen LogP contribution in [-0.4, -0.2) is 31.9 Å². The summed E-state index contributed by atoms with van der Waals surface area (Å²) < 4.78 is 14.8. The minimum absolute atomic E-state index is 0.161. The quantitative estimate of drug-likeness (QED) is 0.804. The molecule has 0 saturated carbocycles. The van der Waals surface area contributed by atoms with Crippen LogP contribution in [0.25, 0.3) is 0 Å². The lowest BCUT2D eigenvalue weighted by atomic mass is 10.0. The van der Waals surface area contributed by atoms with Gasteiger partial charge in [-0.3, -0.25) is 0 Å². The summed E-state index contributed by atoms with van der Waals surface area (Å²) in [5.41, 5.74) is 0.382. The van der Waals surface area contributed by atoms with Gasteiger partial charge in [0.25, 0.3) is 0 Å². The highest BCUT2D eigenvalue weighted by Gasteiger charge is 2.22. The van der Waals surface area contributed by atoms with Crippen LogP contribution >= 0.6 is 0 Å². The van der Waals surface area contributed by atoms with Gasteiger partial charge in [0.1, 0.15) is 6.07 Å². The van der Waals surface area contributed by atoms with Crippen molar-refractivity contribution in [3.05, 3.63) is 23.3 Å². The molecular weight excluding hydrogens is 250 g/mol. The smallest absolute Gasteiger partial charge is 0.339 e. The van der Waals surface area contributed by atoms with E-state index >= 15 is 0 Å². The zero-order valence-corrected chi connectivity index (χ0v) is 11.0. The molecule has 0 aliphatic heterocycles. The summed E-state index contributed by atoms with van der Waals surface area (Å²) in [6, 6.07) is 4.72. The molecule has 1 N–H and O–H groups in total. The SMILES string of the molecule is CCOC(=O)C(O)c1cc(C#N)c(OC)c(OC)c1. The summed E-state index contributed by atoms with van der Waals surface area (Å²) in [5, 5.41) is 18.9. The summed E-state index contributed by atoms with van der Waals surface area (Å²) in [4.78, 5) is 11.5. The van der Waals surface area contributed by atoms with E-state index in [1.807, 2.05) is 6.07 Å². The Hall–Kier alpha value is -2.26. The van der Waals surface area contributed by atoms with E-state index in [1.165, 1.54) is 26.4 Å². The van der Waals surface area contributed by atoms with Crippen LogP contribution in [0.15, 0.2) is 12.1 Å². The lowest BCUT2D eigenvalue weighted by Gasteiger charge is -2.14.